The third-order valence-corrected chi connectivity index (χ3v) is 5.67. The molecule has 2 heterocycles. The van der Waals surface area contributed by atoms with Gasteiger partial charge in [-0.05, 0) is 35.7 Å². The first-order valence-electron chi connectivity index (χ1n) is 9.10. The molecule has 0 saturated heterocycles. The molecule has 2 aromatic carbocycles. The van der Waals surface area contributed by atoms with E-state index in [0.717, 1.165) is 16.3 Å². The molecule has 2 aromatic heterocycles. The summed E-state index contributed by atoms with van der Waals surface area (Å²) in [6, 6.07) is 14.8. The van der Waals surface area contributed by atoms with E-state index in [1.165, 1.54) is 11.3 Å². The molecule has 1 unspecified atom stereocenters. The van der Waals surface area contributed by atoms with Crippen LogP contribution in [0.15, 0.2) is 60.2 Å². The molecule has 7 heteroatoms. The van der Waals surface area contributed by atoms with Gasteiger partial charge in [-0.1, -0.05) is 12.1 Å². The van der Waals surface area contributed by atoms with Crippen LogP contribution in [0.1, 0.15) is 21.3 Å². The summed E-state index contributed by atoms with van der Waals surface area (Å²) >= 11 is 1.29. The highest BCUT2D eigenvalue weighted by Gasteiger charge is 2.25. The molecule has 148 valence electrons. The van der Waals surface area contributed by atoms with Crippen LogP contribution in [0.5, 0.6) is 11.5 Å². The minimum Gasteiger partial charge on any atom is -0.493 e. The first-order chi connectivity index (χ1) is 14.6. The highest BCUT2D eigenvalue weighted by Crippen LogP contribution is 2.34. The van der Waals surface area contributed by atoms with Gasteiger partial charge in [0, 0.05) is 34.3 Å². The molecular formula is C23H17N3O3S. The number of ether oxygens (including phenoxy) is 2. The zero-order valence-electron chi connectivity index (χ0n) is 16.3. The number of aromatic nitrogens is 2. The lowest BCUT2D eigenvalue weighted by Crippen LogP contribution is -2.11. The van der Waals surface area contributed by atoms with E-state index in [2.05, 4.69) is 16.0 Å². The molecule has 0 spiro atoms. The largest absolute Gasteiger partial charge is 0.493 e. The van der Waals surface area contributed by atoms with E-state index in [4.69, 9.17) is 9.47 Å². The van der Waals surface area contributed by atoms with Gasteiger partial charge in [-0.3, -0.25) is 9.78 Å². The van der Waals surface area contributed by atoms with E-state index in [0.29, 0.717) is 27.8 Å². The Labute approximate surface area is 177 Å². The normalized spacial score (nSPS) is 11.6. The van der Waals surface area contributed by atoms with Crippen molar-refractivity contribution in [3.05, 3.63) is 70.8 Å². The van der Waals surface area contributed by atoms with Crippen LogP contribution < -0.4 is 9.47 Å². The van der Waals surface area contributed by atoms with E-state index in [-0.39, 0.29) is 5.78 Å². The highest BCUT2D eigenvalue weighted by molar-refractivity contribution is 7.10. The second-order valence-electron chi connectivity index (χ2n) is 6.50. The summed E-state index contributed by atoms with van der Waals surface area (Å²) in [5.74, 6) is -0.0516. The number of thiazole rings is 1. The van der Waals surface area contributed by atoms with Crippen LogP contribution >= 0.6 is 11.3 Å². The van der Waals surface area contributed by atoms with Crippen LogP contribution in [-0.4, -0.2) is 30.0 Å². The van der Waals surface area contributed by atoms with Gasteiger partial charge >= 0.3 is 0 Å². The van der Waals surface area contributed by atoms with E-state index in [1.807, 2.05) is 29.6 Å². The van der Waals surface area contributed by atoms with Crippen molar-refractivity contribution in [3.63, 3.8) is 0 Å². The molecule has 6 nitrogen and oxygen atoms in total. The lowest BCUT2D eigenvalue weighted by Gasteiger charge is -2.08. The van der Waals surface area contributed by atoms with Crippen LogP contribution in [0.4, 0.5) is 0 Å². The zero-order chi connectivity index (χ0) is 21.1. The van der Waals surface area contributed by atoms with Crippen molar-refractivity contribution in [1.82, 2.24) is 9.97 Å². The van der Waals surface area contributed by atoms with Crippen LogP contribution in [0.3, 0.4) is 0 Å². The molecule has 4 rings (SSSR count). The van der Waals surface area contributed by atoms with Gasteiger partial charge in [0.1, 0.15) is 5.01 Å². The topological polar surface area (TPSA) is 85.1 Å². The number of methoxy groups -OCH3 is 2. The average molecular weight is 415 g/mol. The van der Waals surface area contributed by atoms with Gasteiger partial charge in [0.2, 0.25) is 0 Å². The Bertz CT molecular complexity index is 1280. The van der Waals surface area contributed by atoms with Crippen molar-refractivity contribution in [2.24, 2.45) is 0 Å². The predicted molar refractivity (Wildman–Crippen MR) is 115 cm³/mol. The quantitative estimate of drug-likeness (QED) is 0.418. The molecule has 30 heavy (non-hydrogen) atoms. The molecule has 0 aliphatic heterocycles. The summed E-state index contributed by atoms with van der Waals surface area (Å²) in [7, 11) is 3.14. The number of ketones is 1. The van der Waals surface area contributed by atoms with E-state index < -0.39 is 5.92 Å². The molecule has 4 aromatic rings. The maximum atomic E-state index is 13.0. The summed E-state index contributed by atoms with van der Waals surface area (Å²) in [4.78, 5) is 21.7. The van der Waals surface area contributed by atoms with E-state index >= 15 is 0 Å². The monoisotopic (exact) mass is 415 g/mol. The molecule has 0 fully saturated rings. The Morgan fingerprint density at radius 1 is 1.07 bits per heavy atom. The van der Waals surface area contributed by atoms with E-state index in [9.17, 15) is 10.1 Å². The fraction of sp³-hybridized carbons (Fsp3) is 0.130. The third kappa shape index (κ3) is 3.61. The number of benzene rings is 2. The van der Waals surface area contributed by atoms with Crippen molar-refractivity contribution in [2.75, 3.05) is 14.2 Å². The van der Waals surface area contributed by atoms with Crippen molar-refractivity contribution in [3.8, 4) is 28.8 Å². The lowest BCUT2D eigenvalue weighted by atomic mass is 9.97. The number of fused-ring (bicyclic) bond motifs is 1. The first-order valence-corrected chi connectivity index (χ1v) is 9.98. The summed E-state index contributed by atoms with van der Waals surface area (Å²) in [5.41, 5.74) is 1.95. The standard InChI is InChI=1S/C23H17N3O3S/c1-28-20-6-5-15(10-21(20)29-2)19-13-30-23(26-19)18(11-24)22(27)16-4-3-14-7-8-25-12-17(14)9-16/h3-10,12-13,18H,1-2H3. The molecule has 0 amide bonds. The second-order valence-corrected chi connectivity index (χ2v) is 7.39. The van der Waals surface area contributed by atoms with Crippen molar-refractivity contribution in [1.29, 1.82) is 5.26 Å². The average Bonchev–Trinajstić information content (AvgIpc) is 3.28. The molecule has 0 aliphatic rings. The maximum Gasteiger partial charge on any atom is 0.186 e. The number of hydrogen-bond acceptors (Lipinski definition) is 7. The molecule has 0 bridgehead atoms. The van der Waals surface area contributed by atoms with Gasteiger partial charge in [0.25, 0.3) is 0 Å². The maximum absolute atomic E-state index is 13.0. The Morgan fingerprint density at radius 3 is 2.67 bits per heavy atom. The Morgan fingerprint density at radius 2 is 1.90 bits per heavy atom. The zero-order valence-corrected chi connectivity index (χ0v) is 17.1. The first kappa shape index (κ1) is 19.6. The molecule has 1 atom stereocenters. The Hall–Kier alpha value is -3.76. The van der Waals surface area contributed by atoms with Crippen molar-refractivity contribution in [2.45, 2.75) is 5.92 Å². The Kier molecular flexibility index (Phi) is 5.42. The lowest BCUT2D eigenvalue weighted by molar-refractivity contribution is 0.0979. The SMILES string of the molecule is COc1ccc(-c2csc(C(C#N)C(=O)c3ccc4ccncc4c3)n2)cc1OC. The number of pyridine rings is 1. The highest BCUT2D eigenvalue weighted by atomic mass is 32.1. The fourth-order valence-corrected chi connectivity index (χ4v) is 4.05. The summed E-state index contributed by atoms with van der Waals surface area (Å²) in [5, 5.41) is 13.8. The van der Waals surface area contributed by atoms with Gasteiger partial charge in [0.15, 0.2) is 23.2 Å². The molecule has 0 aliphatic carbocycles. The van der Waals surface area contributed by atoms with Gasteiger partial charge in [-0.2, -0.15) is 5.26 Å². The fourth-order valence-electron chi connectivity index (χ4n) is 3.18. The minimum atomic E-state index is -0.974. The number of nitrogens with zero attached hydrogens (tertiary/aromatic N) is 3. The smallest absolute Gasteiger partial charge is 0.186 e. The van der Waals surface area contributed by atoms with Crippen molar-refractivity contribution < 1.29 is 14.3 Å². The summed E-state index contributed by atoms with van der Waals surface area (Å²) < 4.78 is 10.6. The van der Waals surface area contributed by atoms with Gasteiger partial charge in [-0.15, -0.1) is 11.3 Å². The van der Waals surface area contributed by atoms with E-state index in [1.54, 1.807) is 44.8 Å². The number of carbonyl (C=O) groups excluding carboxylic acids is 1. The summed E-state index contributed by atoms with van der Waals surface area (Å²) in [6.45, 7) is 0. The molecule has 0 N–H and O–H groups in total. The Balaban J connectivity index is 1.65. The number of carbonyl (C=O) groups is 1. The molecule has 0 radical (unpaired) electrons. The second kappa shape index (κ2) is 8.31. The van der Waals surface area contributed by atoms with Crippen LogP contribution in [0, 0.1) is 11.3 Å². The number of hydrogen-bond donors (Lipinski definition) is 0. The minimum absolute atomic E-state index is 0.281. The molecule has 0 saturated carbocycles. The molecular weight excluding hydrogens is 398 g/mol. The van der Waals surface area contributed by atoms with Crippen LogP contribution in [-0.2, 0) is 0 Å². The number of rotatable bonds is 6. The van der Waals surface area contributed by atoms with Gasteiger partial charge in [-0.25, -0.2) is 4.98 Å². The predicted octanol–water partition coefficient (Wildman–Crippen LogP) is 4.87. The van der Waals surface area contributed by atoms with Gasteiger partial charge in [0.05, 0.1) is 26.0 Å². The number of nitriles is 1. The van der Waals surface area contributed by atoms with Gasteiger partial charge < -0.3 is 9.47 Å². The third-order valence-electron chi connectivity index (χ3n) is 4.76. The van der Waals surface area contributed by atoms with Crippen molar-refractivity contribution >= 4 is 27.9 Å². The van der Waals surface area contributed by atoms with Crippen LogP contribution in [0.2, 0.25) is 0 Å². The number of Topliss-reactive ketones (excluding diaryl/α,β-unsaturated/α-hetero) is 1. The summed E-state index contributed by atoms with van der Waals surface area (Å²) in [6.07, 6.45) is 3.40. The van der Waals surface area contributed by atoms with Crippen LogP contribution in [0.25, 0.3) is 22.0 Å².